The van der Waals surface area contributed by atoms with Crippen molar-refractivity contribution in [3.63, 3.8) is 0 Å². The van der Waals surface area contributed by atoms with Crippen LogP contribution in [-0.2, 0) is 16.6 Å². The fourth-order valence-electron chi connectivity index (χ4n) is 3.67. The minimum atomic E-state index is -3.55. The molecule has 0 spiro atoms. The van der Waals surface area contributed by atoms with E-state index in [2.05, 4.69) is 15.0 Å². The predicted molar refractivity (Wildman–Crippen MR) is 150 cm³/mol. The van der Waals surface area contributed by atoms with Gasteiger partial charge in [0, 0.05) is 39.5 Å². The molecule has 4 aromatic rings. The largest absolute Gasteiger partial charge is 0.487 e. The molecule has 0 bridgehead atoms. The molecule has 0 unspecified atom stereocenters. The number of rotatable bonds is 9. The molecule has 4 rings (SSSR count). The van der Waals surface area contributed by atoms with Gasteiger partial charge in [0.05, 0.1) is 21.9 Å². The standard InChI is InChI=1S/C27H21ClF2N4O4S2/c1-3-40(36,37)34-22-8-18(28)7-21(10-22)33-27(35)25-11-23(15(2)39-25)26-24(6-17(12-31)13-32-26)38-14-16-4-19(29)9-20(30)5-16/h4-11,13,34H,3,14H2,1-2H3,(H,33,35). The lowest BCUT2D eigenvalue weighted by molar-refractivity contribution is 0.103. The third kappa shape index (κ3) is 7.12. The maximum Gasteiger partial charge on any atom is 0.265 e. The van der Waals surface area contributed by atoms with Gasteiger partial charge in [0.1, 0.15) is 35.8 Å². The number of nitrogens with one attached hydrogen (secondary N) is 2. The van der Waals surface area contributed by atoms with Crippen molar-refractivity contribution < 1.29 is 26.7 Å². The van der Waals surface area contributed by atoms with E-state index in [1.165, 1.54) is 48.7 Å². The first kappa shape index (κ1) is 28.9. The highest BCUT2D eigenvalue weighted by Crippen LogP contribution is 2.36. The second kappa shape index (κ2) is 12.0. The average molecular weight is 603 g/mol. The lowest BCUT2D eigenvalue weighted by Gasteiger charge is -2.11. The van der Waals surface area contributed by atoms with Crippen LogP contribution in [0.5, 0.6) is 5.75 Å². The van der Waals surface area contributed by atoms with Crippen LogP contribution in [0.25, 0.3) is 11.3 Å². The molecule has 0 aliphatic heterocycles. The molecule has 0 aliphatic rings. The maximum absolute atomic E-state index is 13.6. The van der Waals surface area contributed by atoms with Gasteiger partial charge < -0.3 is 10.1 Å². The van der Waals surface area contributed by atoms with E-state index in [0.717, 1.165) is 18.2 Å². The van der Waals surface area contributed by atoms with E-state index in [9.17, 15) is 27.3 Å². The summed E-state index contributed by atoms with van der Waals surface area (Å²) in [6.07, 6.45) is 1.35. The van der Waals surface area contributed by atoms with Gasteiger partial charge in [0.15, 0.2) is 0 Å². The third-order valence-corrected chi connectivity index (χ3v) is 8.08. The Kier molecular flexibility index (Phi) is 8.68. The number of halogens is 3. The van der Waals surface area contributed by atoms with Crippen LogP contribution in [-0.4, -0.2) is 25.1 Å². The first-order valence-corrected chi connectivity index (χ1v) is 14.5. The number of sulfonamides is 1. The molecule has 2 aromatic carbocycles. The zero-order valence-electron chi connectivity index (χ0n) is 21.1. The Balaban J connectivity index is 1.60. The highest BCUT2D eigenvalue weighted by Gasteiger charge is 2.19. The van der Waals surface area contributed by atoms with Crippen LogP contribution < -0.4 is 14.8 Å². The summed E-state index contributed by atoms with van der Waals surface area (Å²) < 4.78 is 59.3. The Hall–Kier alpha value is -4.05. The van der Waals surface area contributed by atoms with Crippen LogP contribution in [0.2, 0.25) is 5.02 Å². The summed E-state index contributed by atoms with van der Waals surface area (Å²) >= 11 is 7.30. The fourth-order valence-corrected chi connectivity index (χ4v) is 5.44. The van der Waals surface area contributed by atoms with E-state index in [1.54, 1.807) is 13.0 Å². The van der Waals surface area contributed by atoms with E-state index in [4.69, 9.17) is 16.3 Å². The van der Waals surface area contributed by atoms with Gasteiger partial charge in [0.2, 0.25) is 10.0 Å². The van der Waals surface area contributed by atoms with Crippen molar-refractivity contribution in [2.75, 3.05) is 15.8 Å². The number of pyridine rings is 1. The zero-order chi connectivity index (χ0) is 29.0. The molecule has 40 heavy (non-hydrogen) atoms. The van der Waals surface area contributed by atoms with E-state index < -0.39 is 27.6 Å². The number of aromatic nitrogens is 1. The van der Waals surface area contributed by atoms with Gasteiger partial charge >= 0.3 is 0 Å². The lowest BCUT2D eigenvalue weighted by Crippen LogP contribution is -2.15. The highest BCUT2D eigenvalue weighted by molar-refractivity contribution is 7.92. The summed E-state index contributed by atoms with van der Waals surface area (Å²) in [6, 6.07) is 12.4. The molecule has 1 amide bonds. The molecule has 13 heteroatoms. The summed E-state index contributed by atoms with van der Waals surface area (Å²) in [7, 11) is -3.55. The Bertz CT molecular complexity index is 1730. The van der Waals surface area contributed by atoms with Crippen molar-refractivity contribution in [1.82, 2.24) is 4.98 Å². The number of benzene rings is 2. The molecular formula is C27H21ClF2N4O4S2. The number of nitriles is 1. The summed E-state index contributed by atoms with van der Waals surface area (Å²) in [5.74, 6) is -1.91. The number of aryl methyl sites for hydroxylation is 1. The SMILES string of the molecule is CCS(=O)(=O)Nc1cc(Cl)cc(NC(=O)c2cc(-c3ncc(C#N)cc3OCc3cc(F)cc(F)c3)c(C)s2)c1. The summed E-state index contributed by atoms with van der Waals surface area (Å²) in [4.78, 5) is 18.5. The maximum atomic E-state index is 13.6. The van der Waals surface area contributed by atoms with Crippen LogP contribution in [0.4, 0.5) is 20.2 Å². The molecule has 8 nitrogen and oxygen atoms in total. The monoisotopic (exact) mass is 602 g/mol. The molecule has 0 radical (unpaired) electrons. The lowest BCUT2D eigenvalue weighted by atomic mass is 10.1. The van der Waals surface area contributed by atoms with Gasteiger partial charge in [-0.1, -0.05) is 11.6 Å². The van der Waals surface area contributed by atoms with E-state index >= 15 is 0 Å². The highest BCUT2D eigenvalue weighted by atomic mass is 35.5. The zero-order valence-corrected chi connectivity index (χ0v) is 23.5. The fraction of sp³-hybridized carbons (Fsp3) is 0.148. The molecule has 0 atom stereocenters. The van der Waals surface area contributed by atoms with Crippen LogP contribution >= 0.6 is 22.9 Å². The molecule has 0 saturated heterocycles. The normalized spacial score (nSPS) is 11.1. The molecule has 0 aliphatic carbocycles. The number of ether oxygens (including phenoxy) is 1. The van der Waals surface area contributed by atoms with Crippen molar-refractivity contribution >= 4 is 50.2 Å². The molecule has 2 heterocycles. The molecule has 0 fully saturated rings. The van der Waals surface area contributed by atoms with E-state index in [0.29, 0.717) is 21.0 Å². The third-order valence-electron chi connectivity index (χ3n) is 5.50. The minimum Gasteiger partial charge on any atom is -0.487 e. The number of carbonyl (C=O) groups excluding carboxylic acids is 1. The van der Waals surface area contributed by atoms with Gasteiger partial charge in [-0.05, 0) is 55.8 Å². The smallest absolute Gasteiger partial charge is 0.265 e. The number of thiophene rings is 1. The van der Waals surface area contributed by atoms with Crippen molar-refractivity contribution in [3.05, 3.63) is 92.3 Å². The minimum absolute atomic E-state index is 0.132. The number of anilines is 2. The van der Waals surface area contributed by atoms with E-state index in [-0.39, 0.29) is 45.6 Å². The predicted octanol–water partition coefficient (Wildman–Crippen LogP) is 6.51. The van der Waals surface area contributed by atoms with Gasteiger partial charge in [-0.25, -0.2) is 17.2 Å². The number of nitrogens with zero attached hydrogens (tertiary/aromatic N) is 2. The Morgan fingerprint density at radius 1 is 1.10 bits per heavy atom. The second-order valence-electron chi connectivity index (χ2n) is 8.52. The first-order chi connectivity index (χ1) is 19.0. The topological polar surface area (TPSA) is 121 Å². The number of carbonyl (C=O) groups is 1. The van der Waals surface area contributed by atoms with Crippen LogP contribution in [0.3, 0.4) is 0 Å². The molecule has 206 valence electrons. The second-order valence-corrected chi connectivity index (χ2v) is 12.2. The van der Waals surface area contributed by atoms with Crippen molar-refractivity contribution in [2.24, 2.45) is 0 Å². The van der Waals surface area contributed by atoms with Crippen molar-refractivity contribution in [3.8, 4) is 23.1 Å². The summed E-state index contributed by atoms with van der Waals surface area (Å²) in [5.41, 5.74) is 1.84. The van der Waals surface area contributed by atoms with Crippen LogP contribution in [0.1, 0.15) is 32.6 Å². The first-order valence-electron chi connectivity index (χ1n) is 11.7. The Morgan fingerprint density at radius 2 is 1.80 bits per heavy atom. The van der Waals surface area contributed by atoms with Crippen molar-refractivity contribution in [1.29, 1.82) is 5.26 Å². The average Bonchev–Trinajstić information content (AvgIpc) is 3.27. The number of hydrogen-bond donors (Lipinski definition) is 2. The summed E-state index contributed by atoms with van der Waals surface area (Å²) in [5, 5.41) is 12.3. The summed E-state index contributed by atoms with van der Waals surface area (Å²) in [6.45, 7) is 3.08. The van der Waals surface area contributed by atoms with Gasteiger partial charge in [-0.15, -0.1) is 11.3 Å². The number of amides is 1. The molecular weight excluding hydrogens is 582 g/mol. The molecule has 2 N–H and O–H groups in total. The van der Waals surface area contributed by atoms with E-state index in [1.807, 2.05) is 6.07 Å². The quantitative estimate of drug-likeness (QED) is 0.225. The van der Waals surface area contributed by atoms with Gasteiger partial charge in [-0.3, -0.25) is 14.5 Å². The van der Waals surface area contributed by atoms with Gasteiger partial charge in [-0.2, -0.15) is 5.26 Å². The van der Waals surface area contributed by atoms with Crippen LogP contribution in [0.15, 0.2) is 54.7 Å². The number of hydrogen-bond acceptors (Lipinski definition) is 7. The van der Waals surface area contributed by atoms with Crippen molar-refractivity contribution in [2.45, 2.75) is 20.5 Å². The van der Waals surface area contributed by atoms with Gasteiger partial charge in [0.25, 0.3) is 5.91 Å². The molecule has 2 aromatic heterocycles. The Morgan fingerprint density at radius 3 is 2.48 bits per heavy atom. The molecule has 0 saturated carbocycles. The Labute approximate surface area is 238 Å². The van der Waals surface area contributed by atoms with Crippen LogP contribution in [0, 0.1) is 29.9 Å².